The van der Waals surface area contributed by atoms with Crippen LogP contribution in [0.3, 0.4) is 0 Å². The zero-order chi connectivity index (χ0) is 9.42. The van der Waals surface area contributed by atoms with Gasteiger partial charge in [0.15, 0.2) is 0 Å². The first-order valence-corrected chi connectivity index (χ1v) is 5.55. The minimum atomic E-state index is 0.327. The predicted molar refractivity (Wildman–Crippen MR) is 52.2 cm³/mol. The molecule has 74 valence electrons. The van der Waals surface area contributed by atoms with Crippen LogP contribution in [0.25, 0.3) is 0 Å². The lowest BCUT2D eigenvalue weighted by Gasteiger charge is -2.13. The summed E-state index contributed by atoms with van der Waals surface area (Å²) in [6.07, 6.45) is 3.70. The van der Waals surface area contributed by atoms with E-state index in [1.54, 1.807) is 0 Å². The van der Waals surface area contributed by atoms with Gasteiger partial charge in [-0.25, -0.2) is 0 Å². The second-order valence-corrected chi connectivity index (χ2v) is 4.51. The summed E-state index contributed by atoms with van der Waals surface area (Å²) in [5, 5.41) is 3.01. The number of carbonyl (C=O) groups excluding carboxylic acids is 1. The van der Waals surface area contributed by atoms with Crippen LogP contribution in [0.2, 0.25) is 0 Å². The highest BCUT2D eigenvalue weighted by Gasteiger charge is 2.48. The van der Waals surface area contributed by atoms with Crippen molar-refractivity contribution in [3.8, 4) is 0 Å². The average molecular weight is 181 g/mol. The van der Waals surface area contributed by atoms with E-state index in [2.05, 4.69) is 19.2 Å². The molecule has 0 spiro atoms. The second-order valence-electron chi connectivity index (χ2n) is 4.51. The first kappa shape index (κ1) is 9.04. The van der Waals surface area contributed by atoms with E-state index in [0.29, 0.717) is 23.7 Å². The quantitative estimate of drug-likeness (QED) is 0.691. The maximum atomic E-state index is 11.6. The third kappa shape index (κ3) is 1.27. The molecule has 2 heteroatoms. The molecule has 1 N–H and O–H groups in total. The standard InChI is InChI=1S/C11H19NO/c1-3-7-5-8(4-2)10-9(7)6-12-11(10)13/h7-10H,3-6H2,1-2H3,(H,12,13). The highest BCUT2D eigenvalue weighted by Crippen LogP contribution is 2.46. The fourth-order valence-corrected chi connectivity index (χ4v) is 3.28. The lowest BCUT2D eigenvalue weighted by molar-refractivity contribution is -0.123. The van der Waals surface area contributed by atoms with E-state index in [1.807, 2.05) is 0 Å². The average Bonchev–Trinajstić information content (AvgIpc) is 2.67. The van der Waals surface area contributed by atoms with Crippen LogP contribution < -0.4 is 5.32 Å². The van der Waals surface area contributed by atoms with E-state index >= 15 is 0 Å². The number of amides is 1. The van der Waals surface area contributed by atoms with Gasteiger partial charge in [0.05, 0.1) is 0 Å². The molecule has 1 heterocycles. The molecule has 0 radical (unpaired) electrons. The second kappa shape index (κ2) is 3.32. The minimum Gasteiger partial charge on any atom is -0.356 e. The van der Waals surface area contributed by atoms with Crippen LogP contribution in [0, 0.1) is 23.7 Å². The highest BCUT2D eigenvalue weighted by atomic mass is 16.2. The number of fused-ring (bicyclic) bond motifs is 1. The Bertz CT molecular complexity index is 214. The van der Waals surface area contributed by atoms with Gasteiger partial charge >= 0.3 is 0 Å². The van der Waals surface area contributed by atoms with Crippen LogP contribution in [0.5, 0.6) is 0 Å². The summed E-state index contributed by atoms with van der Waals surface area (Å²) in [7, 11) is 0. The van der Waals surface area contributed by atoms with Gasteiger partial charge in [0.2, 0.25) is 5.91 Å². The summed E-state index contributed by atoms with van der Waals surface area (Å²) in [4.78, 5) is 11.6. The molecular weight excluding hydrogens is 162 g/mol. The summed E-state index contributed by atoms with van der Waals surface area (Å²) in [5.74, 6) is 2.80. The number of carbonyl (C=O) groups is 1. The molecular formula is C11H19NO. The summed E-state index contributed by atoms with van der Waals surface area (Å²) in [6, 6.07) is 0. The Hall–Kier alpha value is -0.530. The van der Waals surface area contributed by atoms with Gasteiger partial charge in [-0.2, -0.15) is 0 Å². The Morgan fingerprint density at radius 3 is 2.62 bits per heavy atom. The van der Waals surface area contributed by atoms with Gasteiger partial charge in [0.1, 0.15) is 0 Å². The zero-order valence-electron chi connectivity index (χ0n) is 8.55. The van der Waals surface area contributed by atoms with E-state index in [-0.39, 0.29) is 0 Å². The summed E-state index contributed by atoms with van der Waals surface area (Å²) >= 11 is 0. The normalized spacial score (nSPS) is 43.4. The van der Waals surface area contributed by atoms with Gasteiger partial charge in [-0.15, -0.1) is 0 Å². The van der Waals surface area contributed by atoms with Crippen molar-refractivity contribution in [1.82, 2.24) is 5.32 Å². The van der Waals surface area contributed by atoms with Crippen LogP contribution in [0.4, 0.5) is 0 Å². The summed E-state index contributed by atoms with van der Waals surface area (Å²) in [5.41, 5.74) is 0. The Balaban J connectivity index is 2.16. The Morgan fingerprint density at radius 2 is 2.00 bits per heavy atom. The molecule has 13 heavy (non-hydrogen) atoms. The molecule has 2 aliphatic rings. The summed E-state index contributed by atoms with van der Waals surface area (Å²) < 4.78 is 0. The molecule has 4 unspecified atom stereocenters. The third-order valence-electron chi connectivity index (χ3n) is 4.04. The van der Waals surface area contributed by atoms with Gasteiger partial charge in [0.25, 0.3) is 0 Å². The molecule has 1 aliphatic carbocycles. The van der Waals surface area contributed by atoms with Crippen LogP contribution in [-0.4, -0.2) is 12.5 Å². The first-order valence-electron chi connectivity index (χ1n) is 5.55. The van der Waals surface area contributed by atoms with Gasteiger partial charge in [-0.3, -0.25) is 4.79 Å². The molecule has 1 saturated carbocycles. The maximum absolute atomic E-state index is 11.6. The largest absolute Gasteiger partial charge is 0.356 e. The lowest BCUT2D eigenvalue weighted by atomic mass is 9.88. The number of hydrogen-bond donors (Lipinski definition) is 1. The van der Waals surface area contributed by atoms with Crippen molar-refractivity contribution in [2.75, 3.05) is 6.54 Å². The van der Waals surface area contributed by atoms with Crippen molar-refractivity contribution in [2.45, 2.75) is 33.1 Å². The molecule has 1 aliphatic heterocycles. The van der Waals surface area contributed by atoms with Crippen LogP contribution in [-0.2, 0) is 4.79 Å². The smallest absolute Gasteiger partial charge is 0.223 e. The molecule has 2 fully saturated rings. The van der Waals surface area contributed by atoms with Crippen molar-refractivity contribution in [3.63, 3.8) is 0 Å². The van der Waals surface area contributed by atoms with E-state index in [1.165, 1.54) is 19.3 Å². The Morgan fingerprint density at radius 1 is 1.31 bits per heavy atom. The van der Waals surface area contributed by atoms with Crippen molar-refractivity contribution < 1.29 is 4.79 Å². The summed E-state index contributed by atoms with van der Waals surface area (Å²) in [6.45, 7) is 5.41. The minimum absolute atomic E-state index is 0.327. The van der Waals surface area contributed by atoms with E-state index in [4.69, 9.17) is 0 Å². The Kier molecular flexibility index (Phi) is 2.31. The van der Waals surface area contributed by atoms with Gasteiger partial charge < -0.3 is 5.32 Å². The van der Waals surface area contributed by atoms with E-state index in [9.17, 15) is 4.79 Å². The van der Waals surface area contributed by atoms with Crippen LogP contribution in [0.15, 0.2) is 0 Å². The number of nitrogens with one attached hydrogen (secondary N) is 1. The molecule has 4 atom stereocenters. The van der Waals surface area contributed by atoms with E-state index < -0.39 is 0 Å². The highest BCUT2D eigenvalue weighted by molar-refractivity contribution is 5.82. The fourth-order valence-electron chi connectivity index (χ4n) is 3.28. The predicted octanol–water partition coefficient (Wildman–Crippen LogP) is 1.80. The topological polar surface area (TPSA) is 29.1 Å². The monoisotopic (exact) mass is 181 g/mol. The van der Waals surface area contributed by atoms with Crippen molar-refractivity contribution >= 4 is 5.91 Å². The molecule has 2 rings (SSSR count). The molecule has 1 saturated heterocycles. The Labute approximate surface area is 80.1 Å². The third-order valence-corrected chi connectivity index (χ3v) is 4.04. The zero-order valence-corrected chi connectivity index (χ0v) is 8.55. The van der Waals surface area contributed by atoms with E-state index in [0.717, 1.165) is 12.5 Å². The van der Waals surface area contributed by atoms with Crippen LogP contribution in [0.1, 0.15) is 33.1 Å². The van der Waals surface area contributed by atoms with Gasteiger partial charge in [-0.05, 0) is 24.2 Å². The maximum Gasteiger partial charge on any atom is 0.223 e. The van der Waals surface area contributed by atoms with Crippen LogP contribution >= 0.6 is 0 Å². The first-order chi connectivity index (χ1) is 6.27. The molecule has 0 aromatic carbocycles. The molecule has 0 aromatic heterocycles. The molecule has 1 amide bonds. The number of hydrogen-bond acceptors (Lipinski definition) is 1. The lowest BCUT2D eigenvalue weighted by Crippen LogP contribution is -2.23. The SMILES string of the molecule is CCC1CC(CC)C2C(=O)NCC12. The molecule has 0 bridgehead atoms. The van der Waals surface area contributed by atoms with Crippen molar-refractivity contribution in [2.24, 2.45) is 23.7 Å². The van der Waals surface area contributed by atoms with Gasteiger partial charge in [-0.1, -0.05) is 26.7 Å². The van der Waals surface area contributed by atoms with Crippen molar-refractivity contribution in [1.29, 1.82) is 0 Å². The molecule has 0 aromatic rings. The van der Waals surface area contributed by atoms with Crippen molar-refractivity contribution in [3.05, 3.63) is 0 Å². The fraction of sp³-hybridized carbons (Fsp3) is 0.909. The molecule has 2 nitrogen and oxygen atoms in total. The van der Waals surface area contributed by atoms with Gasteiger partial charge in [0, 0.05) is 12.5 Å². The number of rotatable bonds is 2.